The maximum Gasteiger partial charge on any atom is 0.303 e. The maximum atomic E-state index is 12.3. The third kappa shape index (κ3) is 6.55. The van der Waals surface area contributed by atoms with Crippen molar-refractivity contribution in [3.05, 3.63) is 47.5 Å². The van der Waals surface area contributed by atoms with Crippen LogP contribution in [0.25, 0.3) is 0 Å². The fourth-order valence-electron chi connectivity index (χ4n) is 3.79. The average Bonchev–Trinajstić information content (AvgIpc) is 2.95. The monoisotopic (exact) mass is 390 g/mol. The van der Waals surface area contributed by atoms with E-state index in [9.17, 15) is 24.9 Å². The fraction of sp³-hybridized carbons (Fsp3) is 0.545. The Morgan fingerprint density at radius 3 is 2.43 bits per heavy atom. The van der Waals surface area contributed by atoms with Crippen molar-refractivity contribution in [1.82, 2.24) is 0 Å². The first-order valence-electron chi connectivity index (χ1n) is 9.95. The van der Waals surface area contributed by atoms with E-state index in [1.54, 1.807) is 36.4 Å². The molecule has 0 aliphatic heterocycles. The van der Waals surface area contributed by atoms with Gasteiger partial charge < -0.3 is 20.4 Å². The third-order valence-corrected chi connectivity index (χ3v) is 5.34. The number of carboxylic acid groups (broad SMARTS) is 1. The van der Waals surface area contributed by atoms with Crippen molar-refractivity contribution in [2.45, 2.75) is 69.7 Å². The molecule has 0 aromatic heterocycles. The lowest BCUT2D eigenvalue weighted by Gasteiger charge is -2.17. The van der Waals surface area contributed by atoms with Crippen molar-refractivity contribution in [2.24, 2.45) is 5.92 Å². The molecule has 6 heteroatoms. The molecule has 0 heterocycles. The summed E-state index contributed by atoms with van der Waals surface area (Å²) >= 11 is 0. The van der Waals surface area contributed by atoms with Crippen LogP contribution in [-0.4, -0.2) is 50.5 Å². The number of carbonyl (C=O) groups is 2. The van der Waals surface area contributed by atoms with E-state index in [0.29, 0.717) is 24.0 Å². The van der Waals surface area contributed by atoms with E-state index < -0.39 is 24.3 Å². The van der Waals surface area contributed by atoms with Gasteiger partial charge in [-0.2, -0.15) is 0 Å². The van der Waals surface area contributed by atoms with E-state index in [1.165, 1.54) is 0 Å². The van der Waals surface area contributed by atoms with Gasteiger partial charge in [0.1, 0.15) is 6.10 Å². The van der Waals surface area contributed by atoms with Gasteiger partial charge in [0.05, 0.1) is 12.2 Å². The summed E-state index contributed by atoms with van der Waals surface area (Å²) in [5.74, 6) is -1.34. The summed E-state index contributed by atoms with van der Waals surface area (Å²) in [4.78, 5) is 22.8. The number of hydrogen-bond donors (Lipinski definition) is 4. The number of aliphatic hydroxyl groups excluding tert-OH is 3. The van der Waals surface area contributed by atoms with Gasteiger partial charge in [0, 0.05) is 24.3 Å². The second-order valence-electron chi connectivity index (χ2n) is 7.46. The smallest absolute Gasteiger partial charge is 0.303 e. The topological polar surface area (TPSA) is 115 Å². The molecule has 0 saturated heterocycles. The minimum Gasteiger partial charge on any atom is -0.481 e. The highest BCUT2D eigenvalue weighted by Gasteiger charge is 2.36. The zero-order valence-corrected chi connectivity index (χ0v) is 16.0. The molecule has 28 heavy (non-hydrogen) atoms. The highest BCUT2D eigenvalue weighted by Crippen LogP contribution is 2.36. The van der Waals surface area contributed by atoms with Gasteiger partial charge in [-0.3, -0.25) is 9.59 Å². The summed E-state index contributed by atoms with van der Waals surface area (Å²) < 4.78 is 0. The summed E-state index contributed by atoms with van der Waals surface area (Å²) in [5, 5.41) is 39.3. The van der Waals surface area contributed by atoms with Gasteiger partial charge in [0.2, 0.25) is 0 Å². The van der Waals surface area contributed by atoms with Gasteiger partial charge in [0.25, 0.3) is 0 Å². The molecule has 4 atom stereocenters. The molecule has 1 saturated carbocycles. The summed E-state index contributed by atoms with van der Waals surface area (Å²) in [6, 6.07) is 8.58. The predicted octanol–water partition coefficient (Wildman–Crippen LogP) is 2.71. The second kappa shape index (κ2) is 11.1. The molecule has 0 amide bonds. The Bertz CT molecular complexity index is 669. The molecule has 4 N–H and O–H groups in total. The van der Waals surface area contributed by atoms with Crippen LogP contribution in [0, 0.1) is 5.92 Å². The minimum atomic E-state index is -1.18. The lowest BCUT2D eigenvalue weighted by atomic mass is 9.91. The van der Waals surface area contributed by atoms with Crippen LogP contribution in [-0.2, 0) is 4.79 Å². The standard InChI is InChI=1S/C22H30O6/c23-18(22(28)15-8-4-3-5-9-15)13-12-17-16(19(24)14-20(17)25)10-6-1-2-7-11-21(26)27/h3-5,8-9,12,16,18-20,23-25H,1-2,6-7,10-11,13-14H2,(H,26,27)/b17-12+/t16?,18?,19-,20?/m0/s1. The average molecular weight is 390 g/mol. The molecule has 1 aromatic rings. The molecule has 0 bridgehead atoms. The molecule has 0 spiro atoms. The first-order chi connectivity index (χ1) is 13.4. The molecule has 1 fully saturated rings. The number of hydrogen-bond acceptors (Lipinski definition) is 5. The Hall–Kier alpha value is -2.02. The van der Waals surface area contributed by atoms with Crippen molar-refractivity contribution in [1.29, 1.82) is 0 Å². The van der Waals surface area contributed by atoms with Crippen LogP contribution < -0.4 is 0 Å². The first-order valence-corrected chi connectivity index (χ1v) is 9.95. The quantitative estimate of drug-likeness (QED) is 0.262. The summed E-state index contributed by atoms with van der Waals surface area (Å²) in [6.07, 6.45) is 3.50. The van der Waals surface area contributed by atoms with Crippen LogP contribution in [0.3, 0.4) is 0 Å². The van der Waals surface area contributed by atoms with Crippen molar-refractivity contribution in [3.63, 3.8) is 0 Å². The molecule has 154 valence electrons. The normalized spacial score (nSPS) is 24.4. The zero-order chi connectivity index (χ0) is 20.5. The van der Waals surface area contributed by atoms with E-state index in [-0.39, 0.29) is 31.0 Å². The molecular weight excluding hydrogens is 360 g/mol. The maximum absolute atomic E-state index is 12.3. The molecule has 1 aliphatic rings. The van der Waals surface area contributed by atoms with Gasteiger partial charge in [-0.1, -0.05) is 55.7 Å². The summed E-state index contributed by atoms with van der Waals surface area (Å²) in [7, 11) is 0. The van der Waals surface area contributed by atoms with Gasteiger partial charge >= 0.3 is 5.97 Å². The fourth-order valence-corrected chi connectivity index (χ4v) is 3.79. The van der Waals surface area contributed by atoms with Crippen LogP contribution >= 0.6 is 0 Å². The largest absolute Gasteiger partial charge is 0.481 e. The van der Waals surface area contributed by atoms with Crippen molar-refractivity contribution >= 4 is 11.8 Å². The van der Waals surface area contributed by atoms with E-state index in [0.717, 1.165) is 19.3 Å². The van der Waals surface area contributed by atoms with Crippen LogP contribution in [0.5, 0.6) is 0 Å². The Labute approximate surface area is 165 Å². The number of Topliss-reactive ketones (excluding diaryl/α,β-unsaturated/α-hetero) is 1. The SMILES string of the molecule is O=C(O)CCCCCCC1/C(=C\CC(O)C(=O)c2ccccc2)C(O)C[C@@H]1O. The highest BCUT2D eigenvalue weighted by molar-refractivity contribution is 5.99. The van der Waals surface area contributed by atoms with Gasteiger partial charge in [-0.15, -0.1) is 0 Å². The van der Waals surface area contributed by atoms with Crippen molar-refractivity contribution in [3.8, 4) is 0 Å². The lowest BCUT2D eigenvalue weighted by Crippen LogP contribution is -2.20. The Morgan fingerprint density at radius 1 is 1.07 bits per heavy atom. The number of aliphatic carboxylic acids is 1. The number of unbranched alkanes of at least 4 members (excludes halogenated alkanes) is 3. The van der Waals surface area contributed by atoms with Gasteiger partial charge in [-0.05, 0) is 24.8 Å². The van der Waals surface area contributed by atoms with E-state index in [2.05, 4.69) is 0 Å². The number of carbonyl (C=O) groups excluding carboxylic acids is 1. The van der Waals surface area contributed by atoms with Crippen molar-refractivity contribution < 1.29 is 30.0 Å². The van der Waals surface area contributed by atoms with E-state index in [1.807, 2.05) is 0 Å². The van der Waals surface area contributed by atoms with Crippen LogP contribution in [0.15, 0.2) is 42.0 Å². The molecule has 0 radical (unpaired) electrons. The molecule has 3 unspecified atom stereocenters. The molecule has 6 nitrogen and oxygen atoms in total. The predicted molar refractivity (Wildman–Crippen MR) is 105 cm³/mol. The number of ketones is 1. The van der Waals surface area contributed by atoms with Crippen LogP contribution in [0.2, 0.25) is 0 Å². The molecule has 2 rings (SSSR count). The van der Waals surface area contributed by atoms with E-state index >= 15 is 0 Å². The molecule has 1 aliphatic carbocycles. The van der Waals surface area contributed by atoms with Gasteiger partial charge in [0.15, 0.2) is 5.78 Å². The summed E-state index contributed by atoms with van der Waals surface area (Å²) in [5.41, 5.74) is 1.14. The molecular formula is C22H30O6. The first kappa shape index (κ1) is 22.3. The summed E-state index contributed by atoms with van der Waals surface area (Å²) in [6.45, 7) is 0. The minimum absolute atomic E-state index is 0.0992. The number of aliphatic hydroxyl groups is 3. The zero-order valence-electron chi connectivity index (χ0n) is 16.0. The number of benzene rings is 1. The van der Waals surface area contributed by atoms with Crippen LogP contribution in [0.1, 0.15) is 61.7 Å². The molecule has 1 aromatic carbocycles. The second-order valence-corrected chi connectivity index (χ2v) is 7.46. The van der Waals surface area contributed by atoms with Crippen LogP contribution in [0.4, 0.5) is 0 Å². The van der Waals surface area contributed by atoms with E-state index in [4.69, 9.17) is 5.11 Å². The number of carboxylic acids is 1. The van der Waals surface area contributed by atoms with Gasteiger partial charge in [-0.25, -0.2) is 0 Å². The van der Waals surface area contributed by atoms with Crippen molar-refractivity contribution in [2.75, 3.05) is 0 Å². The Balaban J connectivity index is 1.87. The Morgan fingerprint density at radius 2 is 1.75 bits per heavy atom. The number of rotatable bonds is 11. The Kier molecular flexibility index (Phi) is 8.83. The third-order valence-electron chi connectivity index (χ3n) is 5.34. The highest BCUT2D eigenvalue weighted by atomic mass is 16.4. The lowest BCUT2D eigenvalue weighted by molar-refractivity contribution is -0.137.